The van der Waals surface area contributed by atoms with Gasteiger partial charge in [0.25, 0.3) is 0 Å². The number of hydrogen-bond acceptors (Lipinski definition) is 2. The number of benzene rings is 1. The molecule has 0 aromatic heterocycles. The van der Waals surface area contributed by atoms with Crippen LogP contribution in [0.4, 0.5) is 0 Å². The molecule has 3 heteroatoms. The maximum absolute atomic E-state index is 5.97. The fourth-order valence-electron chi connectivity index (χ4n) is 1.13. The minimum absolute atomic E-state index is 0.0706. The van der Waals surface area contributed by atoms with Gasteiger partial charge in [-0.15, -0.1) is 12.3 Å². The van der Waals surface area contributed by atoms with Gasteiger partial charge in [-0.2, -0.15) is 0 Å². The lowest BCUT2D eigenvalue weighted by molar-refractivity contribution is 0.568. The van der Waals surface area contributed by atoms with Crippen molar-refractivity contribution >= 4 is 11.6 Å². The van der Waals surface area contributed by atoms with Gasteiger partial charge in [0.1, 0.15) is 0 Å². The van der Waals surface area contributed by atoms with E-state index in [0.717, 1.165) is 5.56 Å². The lowest BCUT2D eigenvalue weighted by atomic mass is 10.1. The van der Waals surface area contributed by atoms with Gasteiger partial charge < -0.3 is 0 Å². The smallest absolute Gasteiger partial charge is 0.0583 e. The molecule has 0 amide bonds. The predicted molar refractivity (Wildman–Crippen MR) is 55.0 cm³/mol. The van der Waals surface area contributed by atoms with Gasteiger partial charge in [-0.1, -0.05) is 29.8 Å². The van der Waals surface area contributed by atoms with E-state index in [1.165, 1.54) is 0 Å². The van der Waals surface area contributed by atoms with Gasteiger partial charge in [0.2, 0.25) is 0 Å². The van der Waals surface area contributed by atoms with E-state index in [0.29, 0.717) is 11.4 Å². The van der Waals surface area contributed by atoms with E-state index in [-0.39, 0.29) is 6.04 Å². The van der Waals surface area contributed by atoms with Crippen molar-refractivity contribution in [1.82, 2.24) is 5.43 Å². The molecule has 0 spiro atoms. The summed E-state index contributed by atoms with van der Waals surface area (Å²) in [5.41, 5.74) is 3.57. The van der Waals surface area contributed by atoms with Gasteiger partial charge in [-0.3, -0.25) is 11.3 Å². The van der Waals surface area contributed by atoms with E-state index in [2.05, 4.69) is 11.3 Å². The maximum atomic E-state index is 5.97. The fraction of sp³-hybridized carbons (Fsp3) is 0.200. The molecule has 1 aromatic rings. The molecule has 68 valence electrons. The summed E-state index contributed by atoms with van der Waals surface area (Å²) in [7, 11) is 0. The lowest BCUT2D eigenvalue weighted by Crippen LogP contribution is -2.27. The zero-order chi connectivity index (χ0) is 9.68. The molecule has 0 heterocycles. The second-order valence-electron chi connectivity index (χ2n) is 2.65. The number of nitrogens with one attached hydrogen (secondary N) is 1. The highest BCUT2D eigenvalue weighted by molar-refractivity contribution is 6.31. The average molecular weight is 195 g/mol. The molecule has 2 nitrogen and oxygen atoms in total. The Labute approximate surface area is 83.1 Å². The van der Waals surface area contributed by atoms with E-state index in [9.17, 15) is 0 Å². The summed E-state index contributed by atoms with van der Waals surface area (Å²) >= 11 is 5.97. The predicted octanol–water partition coefficient (Wildman–Crippen LogP) is 1.87. The summed E-state index contributed by atoms with van der Waals surface area (Å²) in [6.07, 6.45) is 5.73. The van der Waals surface area contributed by atoms with Crippen LogP contribution in [0.3, 0.4) is 0 Å². The SMILES string of the molecule is C#CCC(NN)c1ccccc1Cl. The Balaban J connectivity index is 2.92. The Bertz CT molecular complexity index is 317. The number of hydrogen-bond donors (Lipinski definition) is 2. The standard InChI is InChI=1S/C10H11ClN2/c1-2-5-10(13-12)8-6-3-4-7-9(8)11/h1,3-4,6-7,10,13H,5,12H2. The Kier molecular flexibility index (Phi) is 3.78. The van der Waals surface area contributed by atoms with Gasteiger partial charge in [0, 0.05) is 11.4 Å². The normalized spacial score (nSPS) is 12.1. The Morgan fingerprint density at radius 2 is 2.23 bits per heavy atom. The first-order chi connectivity index (χ1) is 6.29. The zero-order valence-electron chi connectivity index (χ0n) is 7.13. The number of nitrogens with two attached hydrogens (primary N) is 1. The summed E-state index contributed by atoms with van der Waals surface area (Å²) in [5, 5.41) is 0.681. The number of halogens is 1. The minimum Gasteiger partial charge on any atom is -0.271 e. The van der Waals surface area contributed by atoms with Crippen LogP contribution >= 0.6 is 11.6 Å². The second-order valence-corrected chi connectivity index (χ2v) is 3.06. The first kappa shape index (κ1) is 10.1. The molecule has 1 atom stereocenters. The van der Waals surface area contributed by atoms with Crippen LogP contribution in [0.5, 0.6) is 0 Å². The topological polar surface area (TPSA) is 38.0 Å². The maximum Gasteiger partial charge on any atom is 0.0583 e. The molecule has 13 heavy (non-hydrogen) atoms. The fourth-order valence-corrected chi connectivity index (χ4v) is 1.40. The Morgan fingerprint density at radius 3 is 2.77 bits per heavy atom. The van der Waals surface area contributed by atoms with E-state index >= 15 is 0 Å². The van der Waals surface area contributed by atoms with Crippen LogP contribution in [0.25, 0.3) is 0 Å². The van der Waals surface area contributed by atoms with Crippen LogP contribution in [-0.4, -0.2) is 0 Å². The number of hydrazine groups is 1. The van der Waals surface area contributed by atoms with E-state index < -0.39 is 0 Å². The van der Waals surface area contributed by atoms with Crippen molar-refractivity contribution in [2.45, 2.75) is 12.5 Å². The molecule has 1 aromatic carbocycles. The zero-order valence-corrected chi connectivity index (χ0v) is 7.88. The summed E-state index contributed by atoms with van der Waals surface area (Å²) in [6.45, 7) is 0. The van der Waals surface area contributed by atoms with Crippen molar-refractivity contribution in [1.29, 1.82) is 0 Å². The number of terminal acetylenes is 1. The van der Waals surface area contributed by atoms with Crippen molar-refractivity contribution in [3.8, 4) is 12.3 Å². The molecule has 0 radical (unpaired) electrons. The van der Waals surface area contributed by atoms with Crippen LogP contribution in [0.1, 0.15) is 18.0 Å². The molecule has 1 rings (SSSR count). The van der Waals surface area contributed by atoms with Gasteiger partial charge in [-0.05, 0) is 11.6 Å². The van der Waals surface area contributed by atoms with Crippen molar-refractivity contribution in [3.05, 3.63) is 34.9 Å². The molecule has 3 N–H and O–H groups in total. The highest BCUT2D eigenvalue weighted by Gasteiger charge is 2.10. The average Bonchev–Trinajstić information content (AvgIpc) is 2.16. The molecule has 0 aliphatic heterocycles. The third kappa shape index (κ3) is 2.46. The van der Waals surface area contributed by atoms with E-state index in [1.807, 2.05) is 24.3 Å². The molecule has 0 aliphatic carbocycles. The highest BCUT2D eigenvalue weighted by Crippen LogP contribution is 2.23. The number of rotatable bonds is 3. The third-order valence-electron chi connectivity index (χ3n) is 1.80. The van der Waals surface area contributed by atoms with Crippen LogP contribution in [0.2, 0.25) is 5.02 Å². The van der Waals surface area contributed by atoms with Crippen molar-refractivity contribution in [2.75, 3.05) is 0 Å². The highest BCUT2D eigenvalue weighted by atomic mass is 35.5. The Hall–Kier alpha value is -1.01. The van der Waals surface area contributed by atoms with Gasteiger partial charge in [0.15, 0.2) is 0 Å². The molecule has 0 saturated carbocycles. The third-order valence-corrected chi connectivity index (χ3v) is 2.15. The second kappa shape index (κ2) is 4.88. The molecule has 0 aliphatic rings. The summed E-state index contributed by atoms with van der Waals surface area (Å²) in [5.74, 6) is 7.90. The molecule has 0 fully saturated rings. The lowest BCUT2D eigenvalue weighted by Gasteiger charge is -2.14. The monoisotopic (exact) mass is 194 g/mol. The van der Waals surface area contributed by atoms with Crippen molar-refractivity contribution < 1.29 is 0 Å². The molecular weight excluding hydrogens is 184 g/mol. The summed E-state index contributed by atoms with van der Waals surface area (Å²) < 4.78 is 0. The van der Waals surface area contributed by atoms with Crippen LogP contribution < -0.4 is 11.3 Å². The molecule has 1 unspecified atom stereocenters. The summed E-state index contributed by atoms with van der Waals surface area (Å²) in [6, 6.07) is 7.43. The van der Waals surface area contributed by atoms with Crippen LogP contribution in [0, 0.1) is 12.3 Å². The minimum atomic E-state index is -0.0706. The molecule has 0 saturated heterocycles. The molecule has 0 bridgehead atoms. The van der Waals surface area contributed by atoms with Crippen LogP contribution in [0.15, 0.2) is 24.3 Å². The van der Waals surface area contributed by atoms with Gasteiger partial charge in [-0.25, -0.2) is 0 Å². The molecular formula is C10H11ClN2. The van der Waals surface area contributed by atoms with Crippen LogP contribution in [-0.2, 0) is 0 Å². The first-order valence-electron chi connectivity index (χ1n) is 3.93. The summed E-state index contributed by atoms with van der Waals surface area (Å²) in [4.78, 5) is 0. The van der Waals surface area contributed by atoms with Crippen molar-refractivity contribution in [3.63, 3.8) is 0 Å². The quantitative estimate of drug-likeness (QED) is 0.438. The largest absolute Gasteiger partial charge is 0.271 e. The van der Waals surface area contributed by atoms with Gasteiger partial charge >= 0.3 is 0 Å². The van der Waals surface area contributed by atoms with Gasteiger partial charge in [0.05, 0.1) is 6.04 Å². The Morgan fingerprint density at radius 1 is 1.54 bits per heavy atom. The van der Waals surface area contributed by atoms with E-state index in [4.69, 9.17) is 23.9 Å². The van der Waals surface area contributed by atoms with E-state index in [1.54, 1.807) is 0 Å². The van der Waals surface area contributed by atoms with Crippen molar-refractivity contribution in [2.24, 2.45) is 5.84 Å². The first-order valence-corrected chi connectivity index (χ1v) is 4.31.